The maximum absolute atomic E-state index is 13.1. The number of hydrogen-bond donors (Lipinski definition) is 8. The van der Waals surface area contributed by atoms with E-state index in [9.17, 15) is 40.5 Å². The van der Waals surface area contributed by atoms with Crippen LogP contribution < -0.4 is 10.5 Å². The number of nitrogens with two attached hydrogens (primary N) is 1. The smallest absolute Gasteiger partial charge is 0.338 e. The van der Waals surface area contributed by atoms with Crippen LogP contribution in [-0.2, 0) is 4.74 Å². The van der Waals surface area contributed by atoms with Gasteiger partial charge in [0.15, 0.2) is 41.0 Å². The van der Waals surface area contributed by atoms with Crippen LogP contribution in [-0.4, -0.2) is 60.1 Å². The molecule has 4 rings (SSSR count). The lowest BCUT2D eigenvalue weighted by Gasteiger charge is -2.39. The number of esters is 1. The predicted octanol–water partition coefficient (Wildman–Crippen LogP) is 2.72. The number of fused-ring (bicyclic) bond motifs is 1. The van der Waals surface area contributed by atoms with Crippen LogP contribution in [0.4, 0.5) is 0 Å². The van der Waals surface area contributed by atoms with Crippen molar-refractivity contribution in [2.24, 2.45) is 5.73 Å². The quantitative estimate of drug-likeness (QED) is 0.176. The lowest BCUT2D eigenvalue weighted by atomic mass is 9.93. The van der Waals surface area contributed by atoms with Gasteiger partial charge in [0.05, 0.1) is 16.4 Å². The zero-order valence-electron chi connectivity index (χ0n) is 18.5. The summed E-state index contributed by atoms with van der Waals surface area (Å²) in [6.07, 6.45) is -2.26. The summed E-state index contributed by atoms with van der Waals surface area (Å²) in [5.74, 6) is -4.22. The minimum atomic E-state index is -1.17. The minimum absolute atomic E-state index is 0.104. The number of carbonyl (C=O) groups is 1. The van der Waals surface area contributed by atoms with E-state index < -0.39 is 46.4 Å². The van der Waals surface area contributed by atoms with E-state index in [-0.39, 0.29) is 40.7 Å². The number of carbonyl (C=O) groups excluding carboxylic acids is 1. The van der Waals surface area contributed by atoms with Crippen molar-refractivity contribution >= 4 is 17.7 Å². The van der Waals surface area contributed by atoms with Gasteiger partial charge in [0, 0.05) is 30.0 Å². The van der Waals surface area contributed by atoms with Crippen molar-refractivity contribution in [3.05, 3.63) is 59.2 Å². The molecule has 1 unspecified atom stereocenters. The first kappa shape index (κ1) is 24.9. The third-order valence-corrected chi connectivity index (χ3v) is 6.87. The van der Waals surface area contributed by atoms with Crippen molar-refractivity contribution in [2.45, 2.75) is 17.5 Å². The molecule has 190 valence electrons. The molecule has 9 N–H and O–H groups in total. The van der Waals surface area contributed by atoms with Crippen molar-refractivity contribution < 1.29 is 50.0 Å². The van der Waals surface area contributed by atoms with Gasteiger partial charge in [-0.3, -0.25) is 0 Å². The van der Waals surface area contributed by atoms with E-state index in [0.29, 0.717) is 11.3 Å². The summed E-state index contributed by atoms with van der Waals surface area (Å²) in [6, 6.07) is 8.10. The highest BCUT2D eigenvalue weighted by molar-refractivity contribution is 7.99. The summed E-state index contributed by atoms with van der Waals surface area (Å²) < 4.78 is 11.8. The SMILES string of the molecule is NCCSC1c2c(O)cc(O)cc2O[C@H](c2ccc(O)c(O)c2)[C@@H]1OC(=O)c1cc(O)c(O)c(O)c1. The Bertz CT molecular complexity index is 1290. The largest absolute Gasteiger partial charge is 0.508 e. The highest BCUT2D eigenvalue weighted by Gasteiger charge is 2.44. The Hall–Kier alpha value is -4.16. The zero-order chi connectivity index (χ0) is 26.1. The molecule has 0 bridgehead atoms. The Morgan fingerprint density at radius 3 is 2.22 bits per heavy atom. The molecule has 1 aliphatic rings. The number of benzene rings is 3. The molecular formula is C24H23NO10S. The van der Waals surface area contributed by atoms with E-state index in [0.717, 1.165) is 18.2 Å². The molecule has 3 aromatic carbocycles. The molecule has 12 heteroatoms. The van der Waals surface area contributed by atoms with Gasteiger partial charge in [0.1, 0.15) is 17.2 Å². The standard InChI is InChI=1S/C24H23NO10S/c25-3-4-36-23-19-15(29)8-12(26)9-18(19)34-21(10-1-2-13(27)14(28)5-10)22(23)35-24(33)11-6-16(30)20(32)17(31)7-11/h1-2,5-9,21-23,26-32H,3-4,25H2/t21-,22+,23?/m1/s1. The molecule has 0 amide bonds. The fraction of sp³-hybridized carbons (Fsp3) is 0.208. The zero-order valence-corrected chi connectivity index (χ0v) is 19.3. The molecular weight excluding hydrogens is 494 g/mol. The van der Waals surface area contributed by atoms with E-state index >= 15 is 0 Å². The topological polar surface area (TPSA) is 203 Å². The first-order valence-electron chi connectivity index (χ1n) is 10.6. The summed E-state index contributed by atoms with van der Waals surface area (Å²) in [4.78, 5) is 13.1. The number of thioether (sulfide) groups is 1. The molecule has 11 nitrogen and oxygen atoms in total. The average Bonchev–Trinajstić information content (AvgIpc) is 2.82. The Morgan fingerprint density at radius 1 is 0.889 bits per heavy atom. The van der Waals surface area contributed by atoms with Gasteiger partial charge in [-0.1, -0.05) is 6.07 Å². The van der Waals surface area contributed by atoms with Crippen LogP contribution in [0.2, 0.25) is 0 Å². The molecule has 3 atom stereocenters. The van der Waals surface area contributed by atoms with E-state index in [1.165, 1.54) is 36.0 Å². The molecule has 0 radical (unpaired) electrons. The summed E-state index contributed by atoms with van der Waals surface area (Å²) in [5.41, 5.74) is 5.95. The van der Waals surface area contributed by atoms with Crippen molar-refractivity contribution in [2.75, 3.05) is 12.3 Å². The molecule has 1 aliphatic heterocycles. The molecule has 0 aromatic heterocycles. The predicted molar refractivity (Wildman–Crippen MR) is 128 cm³/mol. The lowest BCUT2D eigenvalue weighted by Crippen LogP contribution is -2.37. The van der Waals surface area contributed by atoms with Gasteiger partial charge < -0.3 is 51.0 Å². The van der Waals surface area contributed by atoms with Gasteiger partial charge in [0.2, 0.25) is 0 Å². The van der Waals surface area contributed by atoms with Crippen molar-refractivity contribution in [3.63, 3.8) is 0 Å². The fourth-order valence-electron chi connectivity index (χ4n) is 3.89. The molecule has 0 saturated heterocycles. The van der Waals surface area contributed by atoms with Gasteiger partial charge in [-0.05, 0) is 24.3 Å². The van der Waals surface area contributed by atoms with Crippen molar-refractivity contribution in [3.8, 4) is 46.0 Å². The maximum Gasteiger partial charge on any atom is 0.338 e. The Labute approximate surface area is 208 Å². The monoisotopic (exact) mass is 517 g/mol. The Balaban J connectivity index is 1.83. The van der Waals surface area contributed by atoms with Gasteiger partial charge in [-0.25, -0.2) is 4.79 Å². The first-order chi connectivity index (χ1) is 17.1. The number of aromatic hydroxyl groups is 7. The van der Waals surface area contributed by atoms with Gasteiger partial charge in [-0.2, -0.15) is 0 Å². The van der Waals surface area contributed by atoms with Crippen LogP contribution in [0.5, 0.6) is 46.0 Å². The third kappa shape index (κ3) is 4.68. The summed E-state index contributed by atoms with van der Waals surface area (Å²) >= 11 is 1.25. The van der Waals surface area contributed by atoms with Crippen LogP contribution >= 0.6 is 11.8 Å². The Morgan fingerprint density at radius 2 is 1.58 bits per heavy atom. The summed E-state index contributed by atoms with van der Waals surface area (Å²) in [6.45, 7) is 0.251. The fourth-order valence-corrected chi connectivity index (χ4v) is 5.08. The Kier molecular flexibility index (Phi) is 6.82. The average molecular weight is 518 g/mol. The van der Waals surface area contributed by atoms with Crippen LogP contribution in [0, 0.1) is 0 Å². The summed E-state index contributed by atoms with van der Waals surface area (Å²) in [7, 11) is 0. The van der Waals surface area contributed by atoms with Crippen LogP contribution in [0.25, 0.3) is 0 Å². The van der Waals surface area contributed by atoms with Crippen molar-refractivity contribution in [1.29, 1.82) is 0 Å². The first-order valence-corrected chi connectivity index (χ1v) is 11.7. The summed E-state index contributed by atoms with van der Waals surface area (Å²) in [5, 5.41) is 68.9. The van der Waals surface area contributed by atoms with Gasteiger partial charge in [-0.15, -0.1) is 11.8 Å². The second-order valence-electron chi connectivity index (χ2n) is 7.98. The molecule has 0 fully saturated rings. The van der Waals surface area contributed by atoms with E-state index in [4.69, 9.17) is 15.2 Å². The van der Waals surface area contributed by atoms with E-state index in [1.54, 1.807) is 0 Å². The molecule has 0 aliphatic carbocycles. The van der Waals surface area contributed by atoms with Crippen LogP contribution in [0.1, 0.15) is 32.8 Å². The van der Waals surface area contributed by atoms with Gasteiger partial charge >= 0.3 is 5.97 Å². The second kappa shape index (κ2) is 9.84. The van der Waals surface area contributed by atoms with Crippen LogP contribution in [0.15, 0.2) is 42.5 Å². The van der Waals surface area contributed by atoms with Gasteiger partial charge in [0.25, 0.3) is 0 Å². The van der Waals surface area contributed by atoms with E-state index in [1.807, 2.05) is 0 Å². The molecule has 3 aromatic rings. The minimum Gasteiger partial charge on any atom is -0.508 e. The molecule has 0 spiro atoms. The van der Waals surface area contributed by atoms with Crippen molar-refractivity contribution in [1.82, 2.24) is 0 Å². The lowest BCUT2D eigenvalue weighted by molar-refractivity contribution is -0.0203. The normalized spacial score (nSPS) is 18.8. The van der Waals surface area contributed by atoms with Crippen LogP contribution in [0.3, 0.4) is 0 Å². The second-order valence-corrected chi connectivity index (χ2v) is 9.23. The number of phenolic OH excluding ortho intramolecular Hbond substituents is 7. The number of rotatable bonds is 6. The molecule has 1 heterocycles. The third-order valence-electron chi connectivity index (χ3n) is 5.53. The maximum atomic E-state index is 13.1. The number of ether oxygens (including phenoxy) is 2. The molecule has 0 saturated carbocycles. The van der Waals surface area contributed by atoms with E-state index in [2.05, 4.69) is 0 Å². The molecule has 36 heavy (non-hydrogen) atoms. The highest BCUT2D eigenvalue weighted by Crippen LogP contribution is 2.53. The highest BCUT2D eigenvalue weighted by atomic mass is 32.2. The number of hydrogen-bond acceptors (Lipinski definition) is 12. The number of phenols is 7.